The van der Waals surface area contributed by atoms with Crippen molar-refractivity contribution in [1.29, 1.82) is 0 Å². The Labute approximate surface area is 242 Å². The zero-order valence-electron chi connectivity index (χ0n) is 22.6. The lowest BCUT2D eigenvalue weighted by Crippen LogP contribution is -2.48. The first kappa shape index (κ1) is 29.3. The van der Waals surface area contributed by atoms with Gasteiger partial charge in [0.2, 0.25) is 0 Å². The molecule has 212 valence electrons. The molecule has 0 fully saturated rings. The molecule has 41 heavy (non-hydrogen) atoms. The van der Waals surface area contributed by atoms with Crippen molar-refractivity contribution < 1.29 is 24.0 Å². The highest BCUT2D eigenvalue weighted by Crippen LogP contribution is 2.37. The average Bonchev–Trinajstić information content (AvgIpc) is 2.96. The van der Waals surface area contributed by atoms with Crippen LogP contribution in [0.15, 0.2) is 78.4 Å². The van der Waals surface area contributed by atoms with E-state index < -0.39 is 22.8 Å². The fourth-order valence-corrected chi connectivity index (χ4v) is 4.75. The van der Waals surface area contributed by atoms with E-state index in [9.17, 15) is 24.5 Å². The number of carbonyl (C=O) groups excluding carboxylic acids is 3. The number of hydrogen-bond acceptors (Lipinski definition) is 6. The van der Waals surface area contributed by atoms with E-state index in [1.807, 2.05) is 37.3 Å². The summed E-state index contributed by atoms with van der Waals surface area (Å²) in [5.74, 6) is -1.16. The molecule has 1 heterocycles. The number of hydrogen-bond donors (Lipinski definition) is 2. The van der Waals surface area contributed by atoms with Crippen LogP contribution < -0.4 is 10.6 Å². The molecule has 1 aliphatic rings. The highest BCUT2D eigenvalue weighted by molar-refractivity contribution is 6.32. The number of anilines is 1. The van der Waals surface area contributed by atoms with Crippen LogP contribution in [-0.2, 0) is 9.53 Å². The molecule has 11 heteroatoms. The van der Waals surface area contributed by atoms with Crippen LogP contribution in [-0.4, -0.2) is 40.9 Å². The summed E-state index contributed by atoms with van der Waals surface area (Å²) in [5.41, 5.74) is 1.98. The van der Waals surface area contributed by atoms with Crippen molar-refractivity contribution in [1.82, 2.24) is 10.2 Å². The van der Waals surface area contributed by atoms with E-state index in [0.717, 1.165) is 18.9 Å². The first-order chi connectivity index (χ1) is 19.7. The lowest BCUT2D eigenvalue weighted by molar-refractivity contribution is -0.384. The number of carbonyl (C=O) groups is 3. The molecule has 0 aromatic heterocycles. The standard InChI is InChI=1S/C30H29ClN4O6/c1-3-5-16-34-27(19-10-7-6-8-11-19)25(29(37)41-4-2)26(33-30(34)38)20-12-9-13-22(17-20)32-28(36)21-14-15-23(31)24(18-21)35(39)40/h6-15,17-18,26H,3-5,16H2,1-2H3,(H,32,36)(H,33,38). The van der Waals surface area contributed by atoms with Crippen molar-refractivity contribution in [2.75, 3.05) is 18.5 Å². The number of rotatable bonds is 10. The topological polar surface area (TPSA) is 131 Å². The Bertz CT molecular complexity index is 1510. The molecule has 0 radical (unpaired) electrons. The number of nitro benzene ring substituents is 1. The number of ether oxygens (including phenoxy) is 1. The van der Waals surface area contributed by atoms with Crippen molar-refractivity contribution in [2.45, 2.75) is 32.7 Å². The summed E-state index contributed by atoms with van der Waals surface area (Å²) in [7, 11) is 0. The number of nitrogens with one attached hydrogen (secondary N) is 2. The monoisotopic (exact) mass is 576 g/mol. The smallest absolute Gasteiger partial charge is 0.338 e. The largest absolute Gasteiger partial charge is 0.463 e. The zero-order valence-corrected chi connectivity index (χ0v) is 23.3. The van der Waals surface area contributed by atoms with Crippen LogP contribution in [0.1, 0.15) is 54.2 Å². The fourth-order valence-electron chi connectivity index (χ4n) is 4.56. The maximum absolute atomic E-state index is 13.5. The molecule has 10 nitrogen and oxygen atoms in total. The van der Waals surface area contributed by atoms with Crippen molar-refractivity contribution in [3.8, 4) is 0 Å². The Morgan fingerprint density at radius 3 is 2.51 bits per heavy atom. The summed E-state index contributed by atoms with van der Waals surface area (Å²) in [4.78, 5) is 52.0. The maximum atomic E-state index is 13.5. The number of nitrogens with zero attached hydrogens (tertiary/aromatic N) is 2. The molecule has 4 rings (SSSR count). The van der Waals surface area contributed by atoms with Crippen LogP contribution in [0, 0.1) is 10.1 Å². The molecular formula is C30H29ClN4O6. The zero-order chi connectivity index (χ0) is 29.5. The van der Waals surface area contributed by atoms with Gasteiger partial charge in [0.15, 0.2) is 0 Å². The van der Waals surface area contributed by atoms with Crippen molar-refractivity contribution in [3.63, 3.8) is 0 Å². The normalized spacial score (nSPS) is 14.9. The minimum atomic E-state index is -0.872. The molecular weight excluding hydrogens is 548 g/mol. The van der Waals surface area contributed by atoms with Gasteiger partial charge in [-0.1, -0.05) is 67.4 Å². The van der Waals surface area contributed by atoms with Crippen molar-refractivity contribution >= 4 is 46.6 Å². The van der Waals surface area contributed by atoms with Crippen LogP contribution >= 0.6 is 11.6 Å². The molecule has 3 aromatic rings. The van der Waals surface area contributed by atoms with Gasteiger partial charge in [-0.15, -0.1) is 0 Å². The molecule has 1 unspecified atom stereocenters. The number of urea groups is 1. The maximum Gasteiger partial charge on any atom is 0.338 e. The SMILES string of the molecule is CCCCN1C(=O)NC(c2cccc(NC(=O)c3ccc(Cl)c([N+](=O)[O-])c3)c2)C(C(=O)OCC)=C1c1ccccc1. The van der Waals surface area contributed by atoms with E-state index in [-0.39, 0.29) is 34.5 Å². The Balaban J connectivity index is 1.76. The quantitative estimate of drug-likeness (QED) is 0.164. The fraction of sp³-hybridized carbons (Fsp3) is 0.233. The van der Waals surface area contributed by atoms with Crippen molar-refractivity contribution in [2.24, 2.45) is 0 Å². The minimum Gasteiger partial charge on any atom is -0.463 e. The summed E-state index contributed by atoms with van der Waals surface area (Å²) >= 11 is 5.88. The minimum absolute atomic E-state index is 0.0440. The second kappa shape index (κ2) is 13.1. The van der Waals surface area contributed by atoms with Crippen LogP contribution in [0.5, 0.6) is 0 Å². The van der Waals surface area contributed by atoms with Gasteiger partial charge in [0.25, 0.3) is 11.6 Å². The molecule has 3 amide bonds. The van der Waals surface area contributed by atoms with E-state index in [0.29, 0.717) is 29.1 Å². The van der Waals surface area contributed by atoms with Crippen molar-refractivity contribution in [3.05, 3.63) is 110 Å². The van der Waals surface area contributed by atoms with Crippen LogP contribution in [0.3, 0.4) is 0 Å². The molecule has 0 spiro atoms. The van der Waals surface area contributed by atoms with E-state index >= 15 is 0 Å². The third-order valence-electron chi connectivity index (χ3n) is 6.49. The third-order valence-corrected chi connectivity index (χ3v) is 6.81. The number of unbranched alkanes of at least 4 members (excludes halogenated alkanes) is 1. The number of amides is 3. The van der Waals surface area contributed by atoms with Gasteiger partial charge in [-0.3, -0.25) is 19.8 Å². The van der Waals surface area contributed by atoms with Crippen LogP contribution in [0.2, 0.25) is 5.02 Å². The van der Waals surface area contributed by atoms with Gasteiger partial charge in [0, 0.05) is 23.9 Å². The summed E-state index contributed by atoms with van der Waals surface area (Å²) in [6.07, 6.45) is 1.58. The lowest BCUT2D eigenvalue weighted by atomic mass is 9.91. The highest BCUT2D eigenvalue weighted by atomic mass is 35.5. The van der Waals surface area contributed by atoms with E-state index in [2.05, 4.69) is 10.6 Å². The Kier molecular flexibility index (Phi) is 9.36. The molecule has 1 atom stereocenters. The van der Waals surface area contributed by atoms with E-state index in [1.165, 1.54) is 12.1 Å². The Morgan fingerprint density at radius 2 is 1.83 bits per heavy atom. The number of nitro groups is 1. The van der Waals surface area contributed by atoms with Gasteiger partial charge in [0.1, 0.15) is 5.02 Å². The summed E-state index contributed by atoms with van der Waals surface area (Å²) in [6.45, 7) is 4.28. The molecule has 3 aromatic carbocycles. The summed E-state index contributed by atoms with van der Waals surface area (Å²) in [6, 6.07) is 18.4. The molecule has 0 bridgehead atoms. The number of esters is 1. The first-order valence-electron chi connectivity index (χ1n) is 13.1. The molecule has 0 saturated carbocycles. The molecule has 1 aliphatic heterocycles. The second-order valence-electron chi connectivity index (χ2n) is 9.24. The van der Waals surface area contributed by atoms with Gasteiger partial charge in [-0.05, 0) is 48.7 Å². The van der Waals surface area contributed by atoms with Gasteiger partial charge in [-0.2, -0.15) is 0 Å². The summed E-state index contributed by atoms with van der Waals surface area (Å²) < 4.78 is 5.46. The van der Waals surface area contributed by atoms with Gasteiger partial charge in [-0.25, -0.2) is 9.59 Å². The predicted molar refractivity (Wildman–Crippen MR) is 155 cm³/mol. The van der Waals surface area contributed by atoms with Gasteiger partial charge in [0.05, 0.1) is 28.8 Å². The number of benzene rings is 3. The Morgan fingerprint density at radius 1 is 1.07 bits per heavy atom. The molecule has 2 N–H and O–H groups in total. The highest BCUT2D eigenvalue weighted by Gasteiger charge is 2.38. The second-order valence-corrected chi connectivity index (χ2v) is 9.65. The van der Waals surface area contributed by atoms with E-state index in [4.69, 9.17) is 16.3 Å². The van der Waals surface area contributed by atoms with Crippen LogP contribution in [0.25, 0.3) is 5.70 Å². The third kappa shape index (κ3) is 6.55. The predicted octanol–water partition coefficient (Wildman–Crippen LogP) is 6.34. The summed E-state index contributed by atoms with van der Waals surface area (Å²) in [5, 5.41) is 16.8. The molecule has 0 saturated heterocycles. The van der Waals surface area contributed by atoms with Gasteiger partial charge < -0.3 is 15.4 Å². The first-order valence-corrected chi connectivity index (χ1v) is 13.5. The van der Waals surface area contributed by atoms with Gasteiger partial charge >= 0.3 is 12.0 Å². The van der Waals surface area contributed by atoms with E-state index in [1.54, 1.807) is 36.1 Å². The number of halogens is 1. The lowest BCUT2D eigenvalue weighted by Gasteiger charge is -2.37. The molecule has 0 aliphatic carbocycles. The Hall–Kier alpha value is -4.70. The average molecular weight is 577 g/mol. The van der Waals surface area contributed by atoms with Crippen LogP contribution in [0.4, 0.5) is 16.2 Å².